The van der Waals surface area contributed by atoms with E-state index in [2.05, 4.69) is 27.0 Å². The molecule has 1 aliphatic rings. The molecule has 1 aliphatic carbocycles. The number of carbonyl (C=O) groups excluding carboxylic acids is 1. The molecular formula is C14H18N4O. The number of hydrogen-bond donors (Lipinski definition) is 2. The molecule has 5 nitrogen and oxygen atoms in total. The Balaban J connectivity index is 1.80. The average Bonchev–Trinajstić information content (AvgIpc) is 3.03. The molecule has 0 aromatic carbocycles. The molecule has 0 aliphatic heterocycles. The van der Waals surface area contributed by atoms with E-state index in [9.17, 15) is 4.79 Å². The molecule has 0 radical (unpaired) electrons. The summed E-state index contributed by atoms with van der Waals surface area (Å²) >= 11 is 0. The molecule has 2 aromatic rings. The van der Waals surface area contributed by atoms with Crippen LogP contribution in [0.1, 0.15) is 47.4 Å². The van der Waals surface area contributed by atoms with Gasteiger partial charge in [-0.3, -0.25) is 9.89 Å². The van der Waals surface area contributed by atoms with Crippen molar-refractivity contribution in [3.05, 3.63) is 35.4 Å². The van der Waals surface area contributed by atoms with Gasteiger partial charge in [-0.05, 0) is 32.8 Å². The molecule has 100 valence electrons. The molecule has 2 heterocycles. The van der Waals surface area contributed by atoms with E-state index >= 15 is 0 Å². The summed E-state index contributed by atoms with van der Waals surface area (Å²) in [6.45, 7) is 4.91. The highest BCUT2D eigenvalue weighted by Crippen LogP contribution is 2.42. The number of nitrogens with zero attached hydrogens (tertiary/aromatic N) is 2. The zero-order valence-electron chi connectivity index (χ0n) is 11.2. The topological polar surface area (TPSA) is 62.7 Å². The van der Waals surface area contributed by atoms with Crippen LogP contribution in [0.4, 0.5) is 5.69 Å². The second-order valence-corrected chi connectivity index (χ2v) is 5.03. The quantitative estimate of drug-likeness (QED) is 0.885. The Bertz CT molecular complexity index is 607. The molecular weight excluding hydrogens is 240 g/mol. The molecule has 0 atom stereocenters. The van der Waals surface area contributed by atoms with Crippen molar-refractivity contribution in [3.63, 3.8) is 0 Å². The van der Waals surface area contributed by atoms with Gasteiger partial charge in [-0.25, -0.2) is 0 Å². The first-order valence-corrected chi connectivity index (χ1v) is 6.71. The first-order chi connectivity index (χ1) is 9.20. The number of aromatic amines is 1. The lowest BCUT2D eigenvalue weighted by Gasteiger charge is -2.06. The lowest BCUT2D eigenvalue weighted by molar-refractivity contribution is 0.102. The van der Waals surface area contributed by atoms with E-state index in [1.165, 1.54) is 12.8 Å². The number of anilines is 1. The monoisotopic (exact) mass is 258 g/mol. The van der Waals surface area contributed by atoms with Crippen LogP contribution < -0.4 is 5.32 Å². The van der Waals surface area contributed by atoms with Crippen LogP contribution >= 0.6 is 0 Å². The largest absolute Gasteiger partial charge is 0.351 e. The molecule has 19 heavy (non-hydrogen) atoms. The van der Waals surface area contributed by atoms with E-state index < -0.39 is 0 Å². The molecule has 1 fully saturated rings. The zero-order valence-corrected chi connectivity index (χ0v) is 11.2. The van der Waals surface area contributed by atoms with Gasteiger partial charge in [0.25, 0.3) is 5.91 Å². The van der Waals surface area contributed by atoms with E-state index in [0.717, 1.165) is 29.2 Å². The SMILES string of the molecule is CCn1ccc(C(=O)Nc2cn[nH]c2C2CC2)c1C. The standard InChI is InChI=1S/C14H18N4O/c1-3-18-7-6-11(9(18)2)14(19)16-12-8-15-17-13(12)10-4-5-10/h6-8,10H,3-5H2,1-2H3,(H,15,17)(H,16,19). The summed E-state index contributed by atoms with van der Waals surface area (Å²) in [6, 6.07) is 1.87. The highest BCUT2D eigenvalue weighted by Gasteiger charge is 2.28. The Kier molecular flexibility index (Phi) is 2.89. The second kappa shape index (κ2) is 4.57. The number of nitrogens with one attached hydrogen (secondary N) is 2. The Labute approximate surface area is 112 Å². The number of carbonyl (C=O) groups is 1. The van der Waals surface area contributed by atoms with Crippen molar-refractivity contribution in [1.82, 2.24) is 14.8 Å². The Morgan fingerprint density at radius 1 is 1.58 bits per heavy atom. The van der Waals surface area contributed by atoms with E-state index in [4.69, 9.17) is 0 Å². The van der Waals surface area contributed by atoms with Gasteiger partial charge in [0, 0.05) is 24.4 Å². The van der Waals surface area contributed by atoms with Crippen molar-refractivity contribution < 1.29 is 4.79 Å². The Morgan fingerprint density at radius 3 is 3.00 bits per heavy atom. The van der Waals surface area contributed by atoms with Gasteiger partial charge in [0.2, 0.25) is 0 Å². The van der Waals surface area contributed by atoms with Crippen molar-refractivity contribution in [3.8, 4) is 0 Å². The molecule has 3 rings (SSSR count). The number of rotatable bonds is 4. The zero-order chi connectivity index (χ0) is 13.4. The van der Waals surface area contributed by atoms with Crippen LogP contribution in [0.15, 0.2) is 18.5 Å². The van der Waals surface area contributed by atoms with Crippen molar-refractivity contribution in [2.45, 2.75) is 39.2 Å². The minimum Gasteiger partial charge on any atom is -0.351 e. The molecule has 5 heteroatoms. The van der Waals surface area contributed by atoms with Gasteiger partial charge in [-0.15, -0.1) is 0 Å². The summed E-state index contributed by atoms with van der Waals surface area (Å²) in [6.07, 6.45) is 5.99. The van der Waals surface area contributed by atoms with E-state index in [1.54, 1.807) is 6.20 Å². The number of aromatic nitrogens is 3. The summed E-state index contributed by atoms with van der Waals surface area (Å²) in [5, 5.41) is 9.97. The van der Waals surface area contributed by atoms with Crippen LogP contribution in [-0.4, -0.2) is 20.7 Å². The third-order valence-corrected chi connectivity index (χ3v) is 3.73. The number of amides is 1. The second-order valence-electron chi connectivity index (χ2n) is 5.03. The summed E-state index contributed by atoms with van der Waals surface area (Å²) in [7, 11) is 0. The van der Waals surface area contributed by atoms with E-state index in [-0.39, 0.29) is 5.91 Å². The van der Waals surface area contributed by atoms with Crippen molar-refractivity contribution in [2.75, 3.05) is 5.32 Å². The van der Waals surface area contributed by atoms with Gasteiger partial charge in [0.05, 0.1) is 23.1 Å². The van der Waals surface area contributed by atoms with Gasteiger partial charge in [-0.1, -0.05) is 0 Å². The van der Waals surface area contributed by atoms with Gasteiger partial charge in [0.1, 0.15) is 0 Å². The molecule has 0 spiro atoms. The first-order valence-electron chi connectivity index (χ1n) is 6.71. The fraction of sp³-hybridized carbons (Fsp3) is 0.429. The molecule has 2 N–H and O–H groups in total. The van der Waals surface area contributed by atoms with Crippen LogP contribution in [0.3, 0.4) is 0 Å². The maximum absolute atomic E-state index is 12.3. The van der Waals surface area contributed by atoms with Gasteiger partial charge >= 0.3 is 0 Å². The predicted molar refractivity (Wildman–Crippen MR) is 73.4 cm³/mol. The molecule has 0 bridgehead atoms. The number of hydrogen-bond acceptors (Lipinski definition) is 2. The molecule has 0 unspecified atom stereocenters. The van der Waals surface area contributed by atoms with Crippen LogP contribution in [0, 0.1) is 6.92 Å². The van der Waals surface area contributed by atoms with E-state index in [0.29, 0.717) is 5.92 Å². The Morgan fingerprint density at radius 2 is 2.37 bits per heavy atom. The van der Waals surface area contributed by atoms with Gasteiger partial charge in [-0.2, -0.15) is 5.10 Å². The normalized spacial score (nSPS) is 14.6. The lowest BCUT2D eigenvalue weighted by atomic mass is 10.2. The summed E-state index contributed by atoms with van der Waals surface area (Å²) < 4.78 is 2.06. The summed E-state index contributed by atoms with van der Waals surface area (Å²) in [4.78, 5) is 12.3. The number of aryl methyl sites for hydroxylation is 1. The van der Waals surface area contributed by atoms with E-state index in [1.807, 2.05) is 19.2 Å². The molecule has 1 saturated carbocycles. The van der Waals surface area contributed by atoms with Crippen LogP contribution in [0.25, 0.3) is 0 Å². The summed E-state index contributed by atoms with van der Waals surface area (Å²) in [5.41, 5.74) is 3.60. The van der Waals surface area contributed by atoms with Crippen molar-refractivity contribution in [2.24, 2.45) is 0 Å². The third kappa shape index (κ3) is 2.16. The minimum absolute atomic E-state index is 0.0620. The highest BCUT2D eigenvalue weighted by atomic mass is 16.1. The summed E-state index contributed by atoms with van der Waals surface area (Å²) in [5.74, 6) is 0.479. The highest BCUT2D eigenvalue weighted by molar-refractivity contribution is 6.05. The van der Waals surface area contributed by atoms with Gasteiger partial charge < -0.3 is 9.88 Å². The first kappa shape index (κ1) is 12.0. The van der Waals surface area contributed by atoms with Gasteiger partial charge in [0.15, 0.2) is 0 Å². The Hall–Kier alpha value is -2.04. The van der Waals surface area contributed by atoms with Crippen molar-refractivity contribution in [1.29, 1.82) is 0 Å². The molecule has 2 aromatic heterocycles. The predicted octanol–water partition coefficient (Wildman–Crippen LogP) is 2.67. The molecule has 1 amide bonds. The van der Waals surface area contributed by atoms with Crippen LogP contribution in [-0.2, 0) is 6.54 Å². The fourth-order valence-corrected chi connectivity index (χ4v) is 2.40. The fourth-order valence-electron chi connectivity index (χ4n) is 2.40. The van der Waals surface area contributed by atoms with Crippen molar-refractivity contribution >= 4 is 11.6 Å². The maximum Gasteiger partial charge on any atom is 0.257 e. The van der Waals surface area contributed by atoms with Crippen LogP contribution in [0.5, 0.6) is 0 Å². The third-order valence-electron chi connectivity index (χ3n) is 3.73. The lowest BCUT2D eigenvalue weighted by Crippen LogP contribution is -2.13. The molecule has 0 saturated heterocycles. The maximum atomic E-state index is 12.3. The minimum atomic E-state index is -0.0620. The average molecular weight is 258 g/mol. The van der Waals surface area contributed by atoms with Crippen LogP contribution in [0.2, 0.25) is 0 Å². The smallest absolute Gasteiger partial charge is 0.257 e. The number of H-pyrrole nitrogens is 1.